The number of azo groups is 1. The van der Waals surface area contributed by atoms with Gasteiger partial charge in [0.05, 0.1) is 0 Å². The number of benzene rings is 2. The Labute approximate surface area is 185 Å². The van der Waals surface area contributed by atoms with E-state index in [0.29, 0.717) is 22.0 Å². The molecule has 146 valence electrons. The lowest BCUT2D eigenvalue weighted by molar-refractivity contribution is 0.484. The average Bonchev–Trinajstić information content (AvgIpc) is 2.61. The van der Waals surface area contributed by atoms with Crippen LogP contribution in [0.25, 0.3) is 10.8 Å². The van der Waals surface area contributed by atoms with E-state index in [4.69, 9.17) is 5.84 Å². The highest BCUT2D eigenvalue weighted by Crippen LogP contribution is 2.42. The highest BCUT2D eigenvalue weighted by atomic mass is 79.9. The van der Waals surface area contributed by atoms with Gasteiger partial charge in [-0.3, -0.25) is 4.55 Å². The number of nitrogens with two attached hydrogens (primary N) is 1. The monoisotopic (exact) mass is 591 g/mol. The Hall–Kier alpha value is -1.47. The Kier molecular flexibility index (Phi) is 6.44. The molecule has 2 aromatic rings. The van der Waals surface area contributed by atoms with Gasteiger partial charge in [0.2, 0.25) is 0 Å². The van der Waals surface area contributed by atoms with Gasteiger partial charge in [0, 0.05) is 24.6 Å². The van der Waals surface area contributed by atoms with E-state index in [1.807, 2.05) is 6.08 Å². The van der Waals surface area contributed by atoms with Gasteiger partial charge < -0.3 is 5.84 Å². The molecule has 12 heteroatoms. The third-order valence-corrected chi connectivity index (χ3v) is 6.66. The number of alkyl halides is 1. The summed E-state index contributed by atoms with van der Waals surface area (Å²) < 4.78 is 34.9. The summed E-state index contributed by atoms with van der Waals surface area (Å²) in [6.45, 7) is 0. The topological polar surface area (TPSA) is 130 Å². The Balaban J connectivity index is 2.25. The van der Waals surface area contributed by atoms with Gasteiger partial charge in [-0.05, 0) is 28.4 Å². The van der Waals surface area contributed by atoms with E-state index >= 15 is 0 Å². The van der Waals surface area contributed by atoms with Crippen LogP contribution in [0.15, 0.2) is 76.5 Å². The zero-order chi connectivity index (χ0) is 20.5. The molecule has 0 saturated heterocycles. The third-order valence-electron chi connectivity index (χ3n) is 3.84. The summed E-state index contributed by atoms with van der Waals surface area (Å²) in [6.07, 6.45) is 2.59. The maximum atomic E-state index is 11.9. The second-order valence-electron chi connectivity index (χ2n) is 5.67. The van der Waals surface area contributed by atoms with Crippen molar-refractivity contribution >= 4 is 80.1 Å². The summed E-state index contributed by atoms with van der Waals surface area (Å²) >= 11 is 10.4. The van der Waals surface area contributed by atoms with Crippen molar-refractivity contribution in [3.8, 4) is 0 Å². The molecule has 1 aliphatic carbocycles. The molecular weight excluding hydrogens is 582 g/mol. The van der Waals surface area contributed by atoms with Crippen molar-refractivity contribution in [1.82, 2.24) is 0 Å². The largest absolute Gasteiger partial charge is 0.305 e. The Bertz CT molecular complexity index is 1180. The van der Waals surface area contributed by atoms with E-state index in [-0.39, 0.29) is 26.5 Å². The molecule has 1 unspecified atom stereocenters. The summed E-state index contributed by atoms with van der Waals surface area (Å²) in [5.41, 5.74) is 0.878. The van der Waals surface area contributed by atoms with E-state index in [1.54, 1.807) is 24.3 Å². The van der Waals surface area contributed by atoms with Crippen LogP contribution >= 0.6 is 47.8 Å². The first-order valence-electron chi connectivity index (χ1n) is 7.68. The van der Waals surface area contributed by atoms with Crippen LogP contribution in [0.1, 0.15) is 6.42 Å². The smallest absolute Gasteiger partial charge is 0.295 e. The zero-order valence-electron chi connectivity index (χ0n) is 13.9. The number of hydrogen-bond acceptors (Lipinski definition) is 6. The molecule has 0 fully saturated rings. The van der Waals surface area contributed by atoms with E-state index in [0.717, 1.165) is 4.48 Å². The van der Waals surface area contributed by atoms with Crippen molar-refractivity contribution in [2.75, 3.05) is 0 Å². The normalized spacial score (nSPS) is 18.4. The molecule has 1 aliphatic rings. The molecule has 0 bridgehead atoms. The van der Waals surface area contributed by atoms with Gasteiger partial charge in [0.1, 0.15) is 22.0 Å². The molecule has 2 aromatic carbocycles. The molecule has 0 saturated carbocycles. The van der Waals surface area contributed by atoms with Crippen molar-refractivity contribution in [2.45, 2.75) is 16.1 Å². The van der Waals surface area contributed by atoms with Crippen LogP contribution in [0, 0.1) is 0 Å². The van der Waals surface area contributed by atoms with Gasteiger partial charge in [-0.15, -0.1) is 15.3 Å². The first-order chi connectivity index (χ1) is 13.2. The van der Waals surface area contributed by atoms with Gasteiger partial charge in [0.15, 0.2) is 0 Å². The van der Waals surface area contributed by atoms with Gasteiger partial charge in [0.25, 0.3) is 10.1 Å². The molecule has 1 atom stereocenters. The van der Waals surface area contributed by atoms with E-state index in [9.17, 15) is 13.0 Å². The predicted octanol–water partition coefficient (Wildman–Crippen LogP) is 6.18. The fourth-order valence-corrected chi connectivity index (χ4v) is 6.30. The van der Waals surface area contributed by atoms with Crippen LogP contribution in [0.4, 0.5) is 11.4 Å². The maximum Gasteiger partial charge on any atom is 0.295 e. The minimum absolute atomic E-state index is 0.0922. The number of hydrogen-bond donors (Lipinski definition) is 2. The van der Waals surface area contributed by atoms with E-state index < -0.39 is 10.1 Å². The van der Waals surface area contributed by atoms with Gasteiger partial charge in [-0.1, -0.05) is 67.4 Å². The Morgan fingerprint density at radius 3 is 2.39 bits per heavy atom. The first-order valence-corrected chi connectivity index (χ1v) is 11.6. The second kappa shape index (κ2) is 8.49. The average molecular weight is 594 g/mol. The fraction of sp³-hybridized carbons (Fsp3) is 0.125. The number of nitrogens with zero attached hydrogens (tertiary/aromatic N) is 4. The van der Waals surface area contributed by atoms with Crippen molar-refractivity contribution in [1.29, 1.82) is 0 Å². The van der Waals surface area contributed by atoms with Gasteiger partial charge >= 0.3 is 0 Å². The standard InChI is InChI=1S/C16H12Br3N5O3S/c17-8-5-11(18)16(12(19)6-8)22-21-13-7-14(28(25,26)27)9-3-1-2-4-10(9)15(13)23-24-20/h1-5,7-8H,6H2,(H2,20,23)(H,25,26,27). The van der Waals surface area contributed by atoms with Crippen LogP contribution in [0.5, 0.6) is 0 Å². The van der Waals surface area contributed by atoms with Crippen molar-refractivity contribution in [2.24, 2.45) is 26.4 Å². The minimum atomic E-state index is -4.51. The lowest BCUT2D eigenvalue weighted by atomic mass is 10.1. The SMILES string of the molecule is NN=Nc1c(N=NC2=C(Br)CC(Br)C=C2Br)cc(S(=O)(=O)O)c2ccccc12. The predicted molar refractivity (Wildman–Crippen MR) is 117 cm³/mol. The molecule has 3 rings (SSSR count). The summed E-state index contributed by atoms with van der Waals surface area (Å²) in [4.78, 5) is -0.163. The number of fused-ring (bicyclic) bond motifs is 1. The van der Waals surface area contributed by atoms with Crippen LogP contribution < -0.4 is 5.84 Å². The highest BCUT2D eigenvalue weighted by molar-refractivity contribution is 9.12. The van der Waals surface area contributed by atoms with Crippen LogP contribution in [-0.2, 0) is 10.1 Å². The molecule has 8 nitrogen and oxygen atoms in total. The van der Waals surface area contributed by atoms with Crippen LogP contribution in [-0.4, -0.2) is 17.8 Å². The highest BCUT2D eigenvalue weighted by Gasteiger charge is 2.21. The summed E-state index contributed by atoms with van der Waals surface area (Å²) in [7, 11) is -4.51. The number of allylic oxidation sites excluding steroid dienone is 3. The van der Waals surface area contributed by atoms with Crippen molar-refractivity contribution in [3.05, 3.63) is 51.1 Å². The molecule has 0 radical (unpaired) electrons. The van der Waals surface area contributed by atoms with Crippen LogP contribution in [0.2, 0.25) is 0 Å². The Morgan fingerprint density at radius 1 is 1.11 bits per heavy atom. The molecule has 3 N–H and O–H groups in total. The summed E-state index contributed by atoms with van der Waals surface area (Å²) in [5, 5.41) is 16.3. The molecule has 0 amide bonds. The molecule has 0 heterocycles. The minimum Gasteiger partial charge on any atom is -0.305 e. The Morgan fingerprint density at radius 2 is 1.79 bits per heavy atom. The van der Waals surface area contributed by atoms with Gasteiger partial charge in [-0.2, -0.15) is 8.42 Å². The molecule has 0 aliphatic heterocycles. The third kappa shape index (κ3) is 4.40. The van der Waals surface area contributed by atoms with Crippen molar-refractivity contribution in [3.63, 3.8) is 0 Å². The quantitative estimate of drug-likeness (QED) is 0.144. The summed E-state index contributed by atoms with van der Waals surface area (Å²) in [6, 6.07) is 7.71. The molecular formula is C16H12Br3N5O3S. The molecule has 0 aromatic heterocycles. The molecule has 0 spiro atoms. The van der Waals surface area contributed by atoms with E-state index in [1.165, 1.54) is 6.07 Å². The maximum absolute atomic E-state index is 11.9. The molecule has 28 heavy (non-hydrogen) atoms. The number of halogens is 3. The lowest BCUT2D eigenvalue weighted by Crippen LogP contribution is -2.02. The first kappa shape index (κ1) is 21.2. The second-order valence-corrected chi connectivity index (χ2v) is 10.0. The van der Waals surface area contributed by atoms with E-state index in [2.05, 4.69) is 68.4 Å². The lowest BCUT2D eigenvalue weighted by Gasteiger charge is -2.14. The fourth-order valence-electron chi connectivity index (χ4n) is 2.67. The van der Waals surface area contributed by atoms with Gasteiger partial charge in [-0.25, -0.2) is 0 Å². The van der Waals surface area contributed by atoms with Crippen molar-refractivity contribution < 1.29 is 13.0 Å². The summed E-state index contributed by atoms with van der Waals surface area (Å²) in [5.74, 6) is 5.22. The van der Waals surface area contributed by atoms with Crippen LogP contribution in [0.3, 0.4) is 0 Å². The zero-order valence-corrected chi connectivity index (χ0v) is 19.5. The number of rotatable bonds is 4.